The Morgan fingerprint density at radius 3 is 2.70 bits per heavy atom. The molecule has 2 atom stereocenters. The molecule has 6 nitrogen and oxygen atoms in total. The number of guanidine groups is 1. The quantitative estimate of drug-likeness (QED) is 0.379. The summed E-state index contributed by atoms with van der Waals surface area (Å²) >= 11 is 0. The number of para-hydroxylation sites is 1. The molecule has 0 radical (unpaired) electrons. The van der Waals surface area contributed by atoms with Crippen molar-refractivity contribution in [3.8, 4) is 5.75 Å². The monoisotopic (exact) mass is 488 g/mol. The van der Waals surface area contributed by atoms with Gasteiger partial charge >= 0.3 is 0 Å². The van der Waals surface area contributed by atoms with Crippen molar-refractivity contribution in [2.45, 2.75) is 32.4 Å². The lowest BCUT2D eigenvalue weighted by molar-refractivity contribution is 0.0195. The second kappa shape index (κ2) is 11.7. The molecule has 2 aliphatic rings. The van der Waals surface area contributed by atoms with Crippen LogP contribution < -0.4 is 10.1 Å². The third-order valence-corrected chi connectivity index (χ3v) is 4.94. The highest BCUT2D eigenvalue weighted by Gasteiger charge is 2.30. The lowest BCUT2D eigenvalue weighted by Gasteiger charge is -2.32. The summed E-state index contributed by atoms with van der Waals surface area (Å²) in [6.07, 6.45) is 1.24. The maximum atomic E-state index is 5.95. The first-order valence-corrected chi connectivity index (χ1v) is 9.83. The molecule has 3 rings (SSSR count). The normalized spacial score (nSPS) is 22.2. The molecule has 0 aromatic heterocycles. The van der Waals surface area contributed by atoms with Crippen LogP contribution in [0.1, 0.15) is 20.3 Å². The Morgan fingerprint density at radius 2 is 2.00 bits per heavy atom. The number of rotatable bonds is 6. The van der Waals surface area contributed by atoms with Crippen LogP contribution in [-0.4, -0.2) is 80.4 Å². The second-order valence-electron chi connectivity index (χ2n) is 6.97. The van der Waals surface area contributed by atoms with E-state index in [2.05, 4.69) is 29.0 Å². The maximum Gasteiger partial charge on any atom is 0.194 e. The zero-order valence-corrected chi connectivity index (χ0v) is 18.8. The van der Waals surface area contributed by atoms with E-state index >= 15 is 0 Å². The van der Waals surface area contributed by atoms with E-state index in [0.29, 0.717) is 12.6 Å². The summed E-state index contributed by atoms with van der Waals surface area (Å²) in [5, 5.41) is 3.44. The molecular formula is C20H33IN4O2. The first kappa shape index (κ1) is 22.2. The van der Waals surface area contributed by atoms with Crippen molar-refractivity contribution in [2.75, 3.05) is 52.5 Å². The molecule has 0 aliphatic carbocycles. The van der Waals surface area contributed by atoms with Gasteiger partial charge in [0.1, 0.15) is 11.9 Å². The van der Waals surface area contributed by atoms with Crippen LogP contribution in [0.25, 0.3) is 0 Å². The molecule has 1 N–H and O–H groups in total. The number of hydrogen-bond donors (Lipinski definition) is 1. The van der Waals surface area contributed by atoms with Gasteiger partial charge in [-0.15, -0.1) is 24.0 Å². The number of hydrogen-bond acceptors (Lipinski definition) is 4. The van der Waals surface area contributed by atoms with Crippen molar-refractivity contribution in [2.24, 2.45) is 4.99 Å². The molecule has 27 heavy (non-hydrogen) atoms. The number of benzene rings is 1. The molecule has 2 fully saturated rings. The molecule has 1 aromatic rings. The molecule has 2 unspecified atom stereocenters. The number of morpholine rings is 1. The standard InChI is InChI=1S/C20H32N4O2.HI/c1-3-21-20(22-15-17(2)26-19-7-5-4-6-8-19)24-10-9-18(16-24)23-11-13-25-14-12-23;/h4-8,17-18H,3,9-16H2,1-2H3,(H,21,22);1H. The van der Waals surface area contributed by atoms with E-state index in [9.17, 15) is 0 Å². The summed E-state index contributed by atoms with van der Waals surface area (Å²) < 4.78 is 11.4. The maximum absolute atomic E-state index is 5.95. The summed E-state index contributed by atoms with van der Waals surface area (Å²) in [6, 6.07) is 10.6. The largest absolute Gasteiger partial charge is 0.489 e. The van der Waals surface area contributed by atoms with Crippen molar-refractivity contribution in [3.63, 3.8) is 0 Å². The summed E-state index contributed by atoms with van der Waals surface area (Å²) in [7, 11) is 0. The van der Waals surface area contributed by atoms with Gasteiger partial charge in [0.15, 0.2) is 5.96 Å². The molecule has 0 amide bonds. The SMILES string of the molecule is CCNC(=NCC(C)Oc1ccccc1)N1CCC(N2CCOCC2)C1.I. The highest BCUT2D eigenvalue weighted by atomic mass is 127. The van der Waals surface area contributed by atoms with Gasteiger partial charge in [0.05, 0.1) is 19.8 Å². The predicted octanol–water partition coefficient (Wildman–Crippen LogP) is 2.44. The molecule has 1 aromatic carbocycles. The van der Waals surface area contributed by atoms with Crippen LogP contribution in [0.2, 0.25) is 0 Å². The molecule has 0 bridgehead atoms. The Kier molecular flexibility index (Phi) is 9.64. The van der Waals surface area contributed by atoms with Gasteiger partial charge in [-0.25, -0.2) is 4.99 Å². The fraction of sp³-hybridized carbons (Fsp3) is 0.650. The Labute approximate surface area is 180 Å². The van der Waals surface area contributed by atoms with Gasteiger partial charge < -0.3 is 19.7 Å². The highest BCUT2D eigenvalue weighted by Crippen LogP contribution is 2.17. The predicted molar refractivity (Wildman–Crippen MR) is 120 cm³/mol. The van der Waals surface area contributed by atoms with Crippen molar-refractivity contribution in [1.29, 1.82) is 0 Å². The van der Waals surface area contributed by atoms with Gasteiger partial charge in [-0.3, -0.25) is 4.90 Å². The zero-order chi connectivity index (χ0) is 18.2. The van der Waals surface area contributed by atoms with Crippen molar-refractivity contribution < 1.29 is 9.47 Å². The first-order chi connectivity index (χ1) is 12.8. The van der Waals surface area contributed by atoms with Crippen LogP contribution in [0.3, 0.4) is 0 Å². The number of likely N-dealkylation sites (tertiary alicyclic amines) is 1. The van der Waals surface area contributed by atoms with Crippen molar-refractivity contribution in [1.82, 2.24) is 15.1 Å². The average molecular weight is 488 g/mol. The summed E-state index contributed by atoms with van der Waals surface area (Å²) in [4.78, 5) is 9.79. The van der Waals surface area contributed by atoms with Gasteiger partial charge in [0, 0.05) is 38.8 Å². The van der Waals surface area contributed by atoms with E-state index in [1.54, 1.807) is 0 Å². The fourth-order valence-electron chi connectivity index (χ4n) is 3.58. The van der Waals surface area contributed by atoms with E-state index in [-0.39, 0.29) is 30.1 Å². The van der Waals surface area contributed by atoms with Crippen LogP contribution in [0.4, 0.5) is 0 Å². The number of halogens is 1. The second-order valence-corrected chi connectivity index (χ2v) is 6.97. The van der Waals surface area contributed by atoms with E-state index in [1.165, 1.54) is 6.42 Å². The van der Waals surface area contributed by atoms with Gasteiger partial charge in [0.2, 0.25) is 0 Å². The lowest BCUT2D eigenvalue weighted by Crippen LogP contribution is -2.46. The van der Waals surface area contributed by atoms with Gasteiger partial charge in [-0.2, -0.15) is 0 Å². The third kappa shape index (κ3) is 6.80. The molecular weight excluding hydrogens is 455 g/mol. The van der Waals surface area contributed by atoms with Crippen LogP contribution in [-0.2, 0) is 4.74 Å². The molecule has 2 heterocycles. The molecule has 0 saturated carbocycles. The van der Waals surface area contributed by atoms with Crippen LogP contribution in [0, 0.1) is 0 Å². The van der Waals surface area contributed by atoms with Crippen LogP contribution >= 0.6 is 24.0 Å². The van der Waals surface area contributed by atoms with Gasteiger partial charge in [0.25, 0.3) is 0 Å². The molecule has 2 saturated heterocycles. The number of aliphatic imine (C=N–C) groups is 1. The molecule has 2 aliphatic heterocycles. The average Bonchev–Trinajstić information content (AvgIpc) is 3.17. The van der Waals surface area contributed by atoms with E-state index < -0.39 is 0 Å². The Morgan fingerprint density at radius 1 is 1.26 bits per heavy atom. The smallest absolute Gasteiger partial charge is 0.194 e. The third-order valence-electron chi connectivity index (χ3n) is 4.94. The number of ether oxygens (including phenoxy) is 2. The number of nitrogens with zero attached hydrogens (tertiary/aromatic N) is 3. The summed E-state index contributed by atoms with van der Waals surface area (Å²) in [6.45, 7) is 11.6. The van der Waals surface area contributed by atoms with Crippen LogP contribution in [0.15, 0.2) is 35.3 Å². The minimum atomic E-state index is 0. The Hall–Kier alpha value is -1.06. The van der Waals surface area contributed by atoms with Gasteiger partial charge in [-0.1, -0.05) is 18.2 Å². The summed E-state index contributed by atoms with van der Waals surface area (Å²) in [5.41, 5.74) is 0. The minimum absolute atomic E-state index is 0. The zero-order valence-electron chi connectivity index (χ0n) is 16.5. The fourth-order valence-corrected chi connectivity index (χ4v) is 3.58. The molecule has 0 spiro atoms. The van der Waals surface area contributed by atoms with Gasteiger partial charge in [-0.05, 0) is 32.4 Å². The lowest BCUT2D eigenvalue weighted by atomic mass is 10.2. The molecule has 7 heteroatoms. The first-order valence-electron chi connectivity index (χ1n) is 9.83. The number of nitrogens with one attached hydrogen (secondary N) is 1. The minimum Gasteiger partial charge on any atom is -0.489 e. The topological polar surface area (TPSA) is 49.3 Å². The van der Waals surface area contributed by atoms with E-state index in [4.69, 9.17) is 14.5 Å². The summed E-state index contributed by atoms with van der Waals surface area (Å²) in [5.74, 6) is 1.90. The molecule has 152 valence electrons. The Bertz CT molecular complexity index is 566. The van der Waals surface area contributed by atoms with Crippen molar-refractivity contribution >= 4 is 29.9 Å². The highest BCUT2D eigenvalue weighted by molar-refractivity contribution is 14.0. The van der Waals surface area contributed by atoms with Crippen molar-refractivity contribution in [3.05, 3.63) is 30.3 Å². The Balaban J connectivity index is 0.00000261. The van der Waals surface area contributed by atoms with E-state index in [0.717, 1.165) is 57.6 Å². The van der Waals surface area contributed by atoms with Crippen LogP contribution in [0.5, 0.6) is 5.75 Å². The van der Waals surface area contributed by atoms with E-state index in [1.807, 2.05) is 30.3 Å².